The molecule has 1 amide bonds. The standard InChI is InChI=1S/C24H27N5O5.ClH/c1-33-20(30)4-3-13-29-19-10-9-17(24(32)27-12-11-21(31)34-2)14-18(19)28-23(29)16-7-5-15(6-8-16)22(25)26;/h5-10,14H,3-4,11-13H2,1-2H3,(H3,25,26)(H,27,32);1H. The summed E-state index contributed by atoms with van der Waals surface area (Å²) >= 11 is 0. The average Bonchev–Trinajstić information content (AvgIpc) is 3.21. The molecule has 2 aromatic carbocycles. The third-order valence-corrected chi connectivity index (χ3v) is 5.30. The van der Waals surface area contributed by atoms with E-state index in [-0.39, 0.29) is 49.5 Å². The Kier molecular flexibility index (Phi) is 9.77. The average molecular weight is 502 g/mol. The summed E-state index contributed by atoms with van der Waals surface area (Å²) in [4.78, 5) is 40.1. The van der Waals surface area contributed by atoms with E-state index < -0.39 is 5.97 Å². The number of ether oxygens (including phenoxy) is 2. The minimum atomic E-state index is -0.401. The Morgan fingerprint density at radius 2 is 1.63 bits per heavy atom. The number of benzene rings is 2. The molecule has 0 aliphatic rings. The van der Waals surface area contributed by atoms with Gasteiger partial charge in [0.15, 0.2) is 0 Å². The molecule has 0 atom stereocenters. The first-order chi connectivity index (χ1) is 16.3. The number of halogens is 1. The zero-order chi connectivity index (χ0) is 24.7. The Hall–Kier alpha value is -3.92. The van der Waals surface area contributed by atoms with Gasteiger partial charge >= 0.3 is 11.9 Å². The van der Waals surface area contributed by atoms with Crippen molar-refractivity contribution < 1.29 is 23.9 Å². The van der Waals surface area contributed by atoms with Crippen LogP contribution in [-0.4, -0.2) is 54.0 Å². The van der Waals surface area contributed by atoms with Gasteiger partial charge in [0.2, 0.25) is 0 Å². The number of carbonyl (C=O) groups excluding carboxylic acids is 3. The number of aryl methyl sites for hydroxylation is 1. The predicted octanol–water partition coefficient (Wildman–Crippen LogP) is 2.66. The van der Waals surface area contributed by atoms with Crippen molar-refractivity contribution in [3.8, 4) is 11.4 Å². The Bertz CT molecular complexity index is 1220. The number of nitrogens with one attached hydrogen (secondary N) is 2. The third-order valence-electron chi connectivity index (χ3n) is 5.30. The van der Waals surface area contributed by atoms with Crippen molar-refractivity contribution in [2.45, 2.75) is 25.8 Å². The summed E-state index contributed by atoms with van der Waals surface area (Å²) in [5.41, 5.74) is 8.80. The van der Waals surface area contributed by atoms with Crippen LogP contribution in [0.2, 0.25) is 0 Å². The Labute approximate surface area is 208 Å². The summed E-state index contributed by atoms with van der Waals surface area (Å²) in [7, 11) is 2.65. The molecule has 186 valence electrons. The molecule has 10 nitrogen and oxygen atoms in total. The van der Waals surface area contributed by atoms with Gasteiger partial charge < -0.3 is 25.1 Å². The number of amides is 1. The molecule has 1 heterocycles. The zero-order valence-electron chi connectivity index (χ0n) is 19.5. The molecular weight excluding hydrogens is 474 g/mol. The van der Waals surface area contributed by atoms with Crippen LogP contribution in [0.15, 0.2) is 42.5 Å². The van der Waals surface area contributed by atoms with Gasteiger partial charge in [0, 0.05) is 36.2 Å². The smallest absolute Gasteiger partial charge is 0.307 e. The number of fused-ring (bicyclic) bond motifs is 1. The number of hydrogen-bond donors (Lipinski definition) is 3. The second-order valence-electron chi connectivity index (χ2n) is 7.54. The van der Waals surface area contributed by atoms with Gasteiger partial charge in [-0.15, -0.1) is 12.4 Å². The van der Waals surface area contributed by atoms with E-state index in [9.17, 15) is 14.4 Å². The van der Waals surface area contributed by atoms with Gasteiger partial charge in [-0.05, 0) is 24.6 Å². The summed E-state index contributed by atoms with van der Waals surface area (Å²) in [5, 5.41) is 10.3. The number of nitrogens with zero attached hydrogens (tertiary/aromatic N) is 2. The number of esters is 2. The summed E-state index contributed by atoms with van der Waals surface area (Å²) in [6, 6.07) is 12.3. The number of nitrogen functional groups attached to an aromatic ring is 1. The monoisotopic (exact) mass is 501 g/mol. The van der Waals surface area contributed by atoms with Crippen molar-refractivity contribution in [1.29, 1.82) is 5.41 Å². The molecule has 0 spiro atoms. The van der Waals surface area contributed by atoms with Crippen LogP contribution in [0.25, 0.3) is 22.4 Å². The normalized spacial score (nSPS) is 10.3. The van der Waals surface area contributed by atoms with Crippen molar-refractivity contribution in [1.82, 2.24) is 14.9 Å². The lowest BCUT2D eigenvalue weighted by Gasteiger charge is -2.10. The van der Waals surface area contributed by atoms with E-state index in [1.54, 1.807) is 24.3 Å². The lowest BCUT2D eigenvalue weighted by Crippen LogP contribution is -2.26. The van der Waals surface area contributed by atoms with Crippen LogP contribution in [0.4, 0.5) is 0 Å². The molecular formula is C24H28ClN5O5. The fraction of sp³-hybridized carbons (Fsp3) is 0.292. The number of carbonyl (C=O) groups is 3. The van der Waals surface area contributed by atoms with Crippen LogP contribution in [0.1, 0.15) is 35.2 Å². The van der Waals surface area contributed by atoms with Gasteiger partial charge in [-0.2, -0.15) is 0 Å². The van der Waals surface area contributed by atoms with Gasteiger partial charge in [-0.3, -0.25) is 19.8 Å². The van der Waals surface area contributed by atoms with Gasteiger partial charge in [0.25, 0.3) is 5.91 Å². The van der Waals surface area contributed by atoms with Crippen molar-refractivity contribution in [3.63, 3.8) is 0 Å². The number of aromatic nitrogens is 2. The van der Waals surface area contributed by atoms with Gasteiger partial charge in [-0.1, -0.05) is 24.3 Å². The summed E-state index contributed by atoms with van der Waals surface area (Å²) in [5.74, 6) is -0.373. The molecule has 3 aromatic rings. The fourth-order valence-electron chi connectivity index (χ4n) is 3.48. The molecule has 0 aliphatic carbocycles. The quantitative estimate of drug-likeness (QED) is 0.219. The minimum Gasteiger partial charge on any atom is -0.469 e. The molecule has 0 radical (unpaired) electrons. The van der Waals surface area contributed by atoms with Gasteiger partial charge in [-0.25, -0.2) is 4.98 Å². The second-order valence-corrected chi connectivity index (χ2v) is 7.54. The first kappa shape index (κ1) is 27.3. The maximum atomic E-state index is 12.5. The van der Waals surface area contributed by atoms with Gasteiger partial charge in [0.1, 0.15) is 11.7 Å². The summed E-state index contributed by atoms with van der Waals surface area (Å²) < 4.78 is 11.3. The van der Waals surface area contributed by atoms with Gasteiger partial charge in [0.05, 0.1) is 31.7 Å². The van der Waals surface area contributed by atoms with Crippen LogP contribution >= 0.6 is 12.4 Å². The number of hydrogen-bond acceptors (Lipinski definition) is 7. The van der Waals surface area contributed by atoms with E-state index in [4.69, 9.17) is 20.9 Å². The molecule has 35 heavy (non-hydrogen) atoms. The van der Waals surface area contributed by atoms with Crippen LogP contribution < -0.4 is 11.1 Å². The number of imidazole rings is 1. The van der Waals surface area contributed by atoms with E-state index in [0.717, 1.165) is 11.1 Å². The summed E-state index contributed by atoms with van der Waals surface area (Å²) in [6.45, 7) is 0.680. The molecule has 0 aliphatic heterocycles. The molecule has 11 heteroatoms. The molecule has 4 N–H and O–H groups in total. The maximum absolute atomic E-state index is 12.5. The number of methoxy groups -OCH3 is 2. The minimum absolute atomic E-state index is 0. The van der Waals surface area contributed by atoms with Crippen molar-refractivity contribution in [2.24, 2.45) is 5.73 Å². The van der Waals surface area contributed by atoms with E-state index in [0.29, 0.717) is 35.4 Å². The van der Waals surface area contributed by atoms with E-state index in [2.05, 4.69) is 10.1 Å². The SMILES string of the molecule is COC(=O)CCCn1c(-c2ccc(C(=N)N)cc2)nc2cc(C(=O)NCCC(=O)OC)ccc21.Cl. The van der Waals surface area contributed by atoms with Crippen LogP contribution in [-0.2, 0) is 25.6 Å². The highest BCUT2D eigenvalue weighted by molar-refractivity contribution is 5.98. The predicted molar refractivity (Wildman–Crippen MR) is 134 cm³/mol. The molecule has 1 aromatic heterocycles. The highest BCUT2D eigenvalue weighted by atomic mass is 35.5. The van der Waals surface area contributed by atoms with Crippen LogP contribution in [0, 0.1) is 5.41 Å². The highest BCUT2D eigenvalue weighted by Crippen LogP contribution is 2.27. The Balaban J connectivity index is 0.00000432. The molecule has 0 fully saturated rings. The number of rotatable bonds is 10. The third kappa shape index (κ3) is 6.80. The molecule has 0 saturated heterocycles. The second kappa shape index (κ2) is 12.5. The van der Waals surface area contributed by atoms with Crippen LogP contribution in [0.5, 0.6) is 0 Å². The molecule has 0 unspecified atom stereocenters. The molecule has 0 saturated carbocycles. The highest BCUT2D eigenvalue weighted by Gasteiger charge is 2.16. The molecule has 0 bridgehead atoms. The topological polar surface area (TPSA) is 149 Å². The maximum Gasteiger partial charge on any atom is 0.307 e. The summed E-state index contributed by atoms with van der Waals surface area (Å²) in [6.07, 6.45) is 0.895. The largest absolute Gasteiger partial charge is 0.469 e. The van der Waals surface area contributed by atoms with E-state index in [1.807, 2.05) is 22.8 Å². The lowest BCUT2D eigenvalue weighted by molar-refractivity contribution is -0.141. The lowest BCUT2D eigenvalue weighted by atomic mass is 10.1. The Morgan fingerprint density at radius 1 is 1.00 bits per heavy atom. The zero-order valence-corrected chi connectivity index (χ0v) is 20.3. The number of nitrogens with two attached hydrogens (primary N) is 1. The van der Waals surface area contributed by atoms with E-state index in [1.165, 1.54) is 14.2 Å². The van der Waals surface area contributed by atoms with Crippen LogP contribution in [0.3, 0.4) is 0 Å². The first-order valence-corrected chi connectivity index (χ1v) is 10.7. The van der Waals surface area contributed by atoms with Crippen molar-refractivity contribution >= 4 is 47.1 Å². The van der Waals surface area contributed by atoms with Crippen molar-refractivity contribution in [2.75, 3.05) is 20.8 Å². The van der Waals surface area contributed by atoms with Crippen molar-refractivity contribution in [3.05, 3.63) is 53.6 Å². The molecule has 3 rings (SSSR count). The van der Waals surface area contributed by atoms with E-state index >= 15 is 0 Å². The number of amidine groups is 1. The Morgan fingerprint density at radius 3 is 2.26 bits per heavy atom. The first-order valence-electron chi connectivity index (χ1n) is 10.7. The fourth-order valence-corrected chi connectivity index (χ4v) is 3.48.